The van der Waals surface area contributed by atoms with Crippen LogP contribution in [0.15, 0.2) is 54.6 Å². The maximum absolute atomic E-state index is 13.4. The van der Waals surface area contributed by atoms with Crippen LogP contribution in [0.5, 0.6) is 0 Å². The van der Waals surface area contributed by atoms with Crippen molar-refractivity contribution < 1.29 is 19.1 Å². The summed E-state index contributed by atoms with van der Waals surface area (Å²) in [6, 6.07) is 16.0. The van der Waals surface area contributed by atoms with E-state index < -0.39 is 6.04 Å². The van der Waals surface area contributed by atoms with E-state index in [4.69, 9.17) is 4.74 Å². The monoisotopic (exact) mass is 433 g/mol. The second-order valence-electron chi connectivity index (χ2n) is 8.75. The molecule has 0 aromatic heterocycles. The van der Waals surface area contributed by atoms with Crippen molar-refractivity contribution in [3.05, 3.63) is 60.2 Å². The minimum Gasteiger partial charge on any atom is -0.447 e. The van der Waals surface area contributed by atoms with Gasteiger partial charge >= 0.3 is 6.09 Å². The van der Waals surface area contributed by atoms with E-state index in [9.17, 15) is 14.4 Å². The number of hydrogen-bond donors (Lipinski definition) is 1. The number of ether oxygens (including phenoxy) is 1. The smallest absolute Gasteiger partial charge is 0.414 e. The summed E-state index contributed by atoms with van der Waals surface area (Å²) in [5, 5.41) is 3.00. The maximum atomic E-state index is 13.4. The quantitative estimate of drug-likeness (QED) is 0.789. The fourth-order valence-corrected chi connectivity index (χ4v) is 5.32. The van der Waals surface area contributed by atoms with E-state index in [1.54, 1.807) is 23.1 Å². The molecule has 2 heterocycles. The Labute approximate surface area is 187 Å². The van der Waals surface area contributed by atoms with E-state index in [0.29, 0.717) is 42.4 Å². The number of amides is 3. The lowest BCUT2D eigenvalue weighted by Crippen LogP contribution is -2.47. The molecule has 2 aromatic rings. The zero-order valence-electron chi connectivity index (χ0n) is 17.9. The summed E-state index contributed by atoms with van der Waals surface area (Å²) in [6.45, 7) is 0.846. The number of benzene rings is 2. The van der Waals surface area contributed by atoms with Crippen molar-refractivity contribution in [3.63, 3.8) is 0 Å². The molecule has 2 aromatic carbocycles. The molecule has 3 unspecified atom stereocenters. The zero-order valence-corrected chi connectivity index (χ0v) is 17.9. The van der Waals surface area contributed by atoms with Crippen molar-refractivity contribution >= 4 is 29.3 Å². The van der Waals surface area contributed by atoms with E-state index >= 15 is 0 Å². The van der Waals surface area contributed by atoms with Crippen LogP contribution in [0.3, 0.4) is 0 Å². The number of hydrogen-bond acceptors (Lipinski definition) is 4. The second-order valence-corrected chi connectivity index (χ2v) is 8.75. The lowest BCUT2D eigenvalue weighted by molar-refractivity contribution is -0.120. The molecular formula is C25H27N3O4. The van der Waals surface area contributed by atoms with Gasteiger partial charge in [-0.05, 0) is 55.5 Å². The van der Waals surface area contributed by atoms with Crippen LogP contribution in [0.1, 0.15) is 42.5 Å². The van der Waals surface area contributed by atoms with Gasteiger partial charge < -0.3 is 15.0 Å². The number of carbonyl (C=O) groups is 3. The number of fused-ring (bicyclic) bond motifs is 1. The molecule has 32 heavy (non-hydrogen) atoms. The second kappa shape index (κ2) is 8.65. The predicted octanol–water partition coefficient (Wildman–Crippen LogP) is 4.06. The first-order valence-corrected chi connectivity index (χ1v) is 11.3. The lowest BCUT2D eigenvalue weighted by atomic mass is 9.84. The van der Waals surface area contributed by atoms with Gasteiger partial charge in [0.15, 0.2) is 0 Å². The molecule has 7 nitrogen and oxygen atoms in total. The summed E-state index contributed by atoms with van der Waals surface area (Å²) in [5.41, 5.74) is 1.91. The number of cyclic esters (lactones) is 1. The van der Waals surface area contributed by atoms with Crippen LogP contribution in [0.25, 0.3) is 0 Å². The van der Waals surface area contributed by atoms with Crippen molar-refractivity contribution in [3.8, 4) is 0 Å². The normalized spacial score (nSPS) is 24.8. The third-order valence-corrected chi connectivity index (χ3v) is 6.83. The first-order chi connectivity index (χ1) is 15.6. The molecule has 3 amide bonds. The molecule has 1 aliphatic carbocycles. The zero-order chi connectivity index (χ0) is 22.1. The standard InChI is InChI=1S/C25H27N3O4/c29-23(26-19-10-6-11-20(16-19)27-13-14-32-25(27)31)22-15-18-9-4-5-12-21(18)28(22)24(30)17-7-2-1-3-8-17/h1-3,6-8,10-11,16,18,21-22H,4-5,9,12-15H2,(H,26,29). The van der Waals surface area contributed by atoms with Gasteiger partial charge in [-0.3, -0.25) is 14.5 Å². The highest BCUT2D eigenvalue weighted by atomic mass is 16.6. The Hall–Kier alpha value is -3.35. The third kappa shape index (κ3) is 3.83. The predicted molar refractivity (Wildman–Crippen MR) is 121 cm³/mol. The number of nitrogens with zero attached hydrogens (tertiary/aromatic N) is 2. The van der Waals surface area contributed by atoms with Crippen LogP contribution in [0.4, 0.5) is 16.2 Å². The Kier molecular flexibility index (Phi) is 5.55. The Morgan fingerprint density at radius 1 is 1.00 bits per heavy atom. The summed E-state index contributed by atoms with van der Waals surface area (Å²) >= 11 is 0. The average molecular weight is 434 g/mol. The number of anilines is 2. The van der Waals surface area contributed by atoms with Gasteiger partial charge in [0, 0.05) is 23.0 Å². The van der Waals surface area contributed by atoms with Gasteiger partial charge in [0.2, 0.25) is 5.91 Å². The van der Waals surface area contributed by atoms with Crippen molar-refractivity contribution in [2.45, 2.75) is 44.2 Å². The van der Waals surface area contributed by atoms with E-state index in [1.165, 1.54) is 0 Å². The Morgan fingerprint density at radius 2 is 1.81 bits per heavy atom. The van der Waals surface area contributed by atoms with Crippen LogP contribution in [0.2, 0.25) is 0 Å². The van der Waals surface area contributed by atoms with Gasteiger partial charge in [-0.1, -0.05) is 37.1 Å². The van der Waals surface area contributed by atoms with E-state index in [1.807, 2.05) is 41.3 Å². The molecule has 7 heteroatoms. The topological polar surface area (TPSA) is 79.0 Å². The highest BCUT2D eigenvalue weighted by Gasteiger charge is 2.47. The molecule has 5 rings (SSSR count). The maximum Gasteiger partial charge on any atom is 0.414 e. The van der Waals surface area contributed by atoms with Crippen molar-refractivity contribution in [2.75, 3.05) is 23.4 Å². The van der Waals surface area contributed by atoms with Crippen molar-refractivity contribution in [1.29, 1.82) is 0 Å². The first-order valence-electron chi connectivity index (χ1n) is 11.3. The third-order valence-electron chi connectivity index (χ3n) is 6.83. The minimum atomic E-state index is -0.504. The van der Waals surface area contributed by atoms with Crippen molar-refractivity contribution in [2.24, 2.45) is 5.92 Å². The molecule has 2 aliphatic heterocycles. The summed E-state index contributed by atoms with van der Waals surface area (Å²) in [7, 11) is 0. The highest BCUT2D eigenvalue weighted by molar-refractivity contribution is 6.02. The van der Waals surface area contributed by atoms with Gasteiger partial charge in [0.1, 0.15) is 12.6 Å². The molecule has 0 spiro atoms. The van der Waals surface area contributed by atoms with Crippen LogP contribution in [0, 0.1) is 5.92 Å². The SMILES string of the molecule is O=C(Nc1cccc(N2CCOC2=O)c1)C1CC2CCCCC2N1C(=O)c1ccccc1. The molecule has 3 atom stereocenters. The number of nitrogens with one attached hydrogen (secondary N) is 1. The Bertz CT molecular complexity index is 1020. The summed E-state index contributed by atoms with van der Waals surface area (Å²) < 4.78 is 5.01. The van der Waals surface area contributed by atoms with Gasteiger partial charge in [-0.2, -0.15) is 0 Å². The van der Waals surface area contributed by atoms with E-state index in [2.05, 4.69) is 5.32 Å². The van der Waals surface area contributed by atoms with E-state index in [0.717, 1.165) is 25.7 Å². The fraction of sp³-hybridized carbons (Fsp3) is 0.400. The largest absolute Gasteiger partial charge is 0.447 e. The molecule has 3 aliphatic rings. The van der Waals surface area contributed by atoms with Crippen LogP contribution >= 0.6 is 0 Å². The van der Waals surface area contributed by atoms with Gasteiger partial charge in [0.25, 0.3) is 5.91 Å². The summed E-state index contributed by atoms with van der Waals surface area (Å²) in [4.78, 5) is 42.1. The Morgan fingerprint density at radius 3 is 2.59 bits per heavy atom. The van der Waals surface area contributed by atoms with Crippen LogP contribution in [-0.4, -0.2) is 48.0 Å². The number of carbonyl (C=O) groups excluding carboxylic acids is 3. The summed E-state index contributed by atoms with van der Waals surface area (Å²) in [5.74, 6) is 0.108. The fourth-order valence-electron chi connectivity index (χ4n) is 5.32. The lowest BCUT2D eigenvalue weighted by Gasteiger charge is -2.33. The number of rotatable bonds is 4. The van der Waals surface area contributed by atoms with Gasteiger partial charge in [0.05, 0.1) is 6.54 Å². The molecule has 0 bridgehead atoms. The molecule has 3 fully saturated rings. The molecule has 2 saturated heterocycles. The highest BCUT2D eigenvalue weighted by Crippen LogP contribution is 2.41. The molecule has 1 saturated carbocycles. The minimum absolute atomic E-state index is 0.0753. The number of likely N-dealkylation sites (tertiary alicyclic amines) is 1. The van der Waals surface area contributed by atoms with Gasteiger partial charge in [-0.25, -0.2) is 4.79 Å². The first kappa shape index (κ1) is 20.5. The van der Waals surface area contributed by atoms with E-state index in [-0.39, 0.29) is 23.9 Å². The molecular weight excluding hydrogens is 406 g/mol. The van der Waals surface area contributed by atoms with Crippen LogP contribution < -0.4 is 10.2 Å². The van der Waals surface area contributed by atoms with Gasteiger partial charge in [-0.15, -0.1) is 0 Å². The molecule has 166 valence electrons. The Balaban J connectivity index is 1.38. The molecule has 1 N–H and O–H groups in total. The molecule has 0 radical (unpaired) electrons. The van der Waals surface area contributed by atoms with Crippen LogP contribution in [-0.2, 0) is 9.53 Å². The summed E-state index contributed by atoms with van der Waals surface area (Å²) in [6.07, 6.45) is 4.54. The van der Waals surface area contributed by atoms with Crippen molar-refractivity contribution in [1.82, 2.24) is 4.90 Å². The average Bonchev–Trinajstić information content (AvgIpc) is 3.43.